The van der Waals surface area contributed by atoms with Gasteiger partial charge >= 0.3 is 0 Å². The van der Waals surface area contributed by atoms with Crippen molar-refractivity contribution in [2.45, 2.75) is 13.3 Å². The number of aliphatic hydroxyl groups excluding tert-OH is 1. The van der Waals surface area contributed by atoms with Crippen LogP contribution in [-0.2, 0) is 0 Å². The molecule has 0 unspecified atom stereocenters. The summed E-state index contributed by atoms with van der Waals surface area (Å²) >= 11 is 0.779. The normalized spacial score (nSPS) is 11.8. The number of halogens is 1. The molecule has 0 spiro atoms. The molecular formula is C10H8FNO2S. The molecule has 1 heterocycles. The van der Waals surface area contributed by atoms with E-state index in [1.807, 2.05) is 0 Å². The van der Waals surface area contributed by atoms with E-state index in [4.69, 9.17) is 5.26 Å². The van der Waals surface area contributed by atoms with Crippen LogP contribution in [0.4, 0.5) is 4.39 Å². The molecule has 0 aromatic carbocycles. The first-order valence-corrected chi connectivity index (χ1v) is 5.09. The van der Waals surface area contributed by atoms with Crippen molar-refractivity contribution in [1.82, 2.24) is 0 Å². The first-order chi connectivity index (χ1) is 7.10. The maximum absolute atomic E-state index is 12.6. The molecule has 1 aromatic heterocycles. The second kappa shape index (κ2) is 4.71. The Morgan fingerprint density at radius 1 is 1.73 bits per heavy atom. The van der Waals surface area contributed by atoms with Crippen LogP contribution in [0.25, 0.3) is 0 Å². The molecule has 0 atom stereocenters. The molecule has 15 heavy (non-hydrogen) atoms. The first-order valence-electron chi connectivity index (χ1n) is 4.21. The van der Waals surface area contributed by atoms with Gasteiger partial charge in [-0.15, -0.1) is 11.3 Å². The van der Waals surface area contributed by atoms with Crippen molar-refractivity contribution < 1.29 is 14.3 Å². The number of allylic oxidation sites excluding steroid dienone is 2. The molecule has 3 nitrogen and oxygen atoms in total. The number of hydrogen-bond donors (Lipinski definition) is 1. The van der Waals surface area contributed by atoms with Gasteiger partial charge in [0.15, 0.2) is 5.13 Å². The molecule has 0 aliphatic heterocycles. The molecule has 0 aliphatic rings. The highest BCUT2D eigenvalue weighted by Gasteiger charge is 2.17. The molecule has 0 amide bonds. The monoisotopic (exact) mass is 225 g/mol. The number of aliphatic hydroxyl groups is 1. The van der Waals surface area contributed by atoms with E-state index in [9.17, 15) is 14.3 Å². The topological polar surface area (TPSA) is 61.1 Å². The highest BCUT2D eigenvalue weighted by Crippen LogP contribution is 2.18. The first kappa shape index (κ1) is 11.4. The summed E-state index contributed by atoms with van der Waals surface area (Å²) in [5.74, 6) is -0.911. The van der Waals surface area contributed by atoms with Crippen molar-refractivity contribution in [3.8, 4) is 6.07 Å². The Labute approximate surface area is 90.1 Å². The summed E-state index contributed by atoms with van der Waals surface area (Å²) in [6.07, 6.45) is 0.196. The van der Waals surface area contributed by atoms with E-state index in [1.54, 1.807) is 13.0 Å². The standard InChI is InChI=1S/C10H8FNO2S/c1-2-8(13)7(4-12)10(14)6-3-9(11)15-5-6/h3,5,13H,2H2,1H3. The third kappa shape index (κ3) is 2.42. The quantitative estimate of drug-likeness (QED) is 0.372. The van der Waals surface area contributed by atoms with Gasteiger partial charge in [-0.25, -0.2) is 0 Å². The van der Waals surface area contributed by atoms with E-state index < -0.39 is 10.9 Å². The highest BCUT2D eigenvalue weighted by atomic mass is 32.1. The van der Waals surface area contributed by atoms with Crippen molar-refractivity contribution in [3.63, 3.8) is 0 Å². The molecule has 0 aliphatic carbocycles. The number of nitriles is 1. The Kier molecular flexibility index (Phi) is 3.58. The zero-order valence-electron chi connectivity index (χ0n) is 7.95. The fraction of sp³-hybridized carbons (Fsp3) is 0.200. The molecular weight excluding hydrogens is 217 g/mol. The maximum atomic E-state index is 12.6. The van der Waals surface area contributed by atoms with Crippen LogP contribution in [0, 0.1) is 16.5 Å². The summed E-state index contributed by atoms with van der Waals surface area (Å²) in [6.45, 7) is 1.62. The van der Waals surface area contributed by atoms with Crippen LogP contribution in [0.1, 0.15) is 23.7 Å². The van der Waals surface area contributed by atoms with E-state index in [0.717, 1.165) is 17.4 Å². The lowest BCUT2D eigenvalue weighted by atomic mass is 10.1. The molecule has 0 saturated carbocycles. The number of rotatable bonds is 3. The number of hydrogen-bond acceptors (Lipinski definition) is 4. The number of Topliss-reactive ketones (excluding diaryl/α,β-unsaturated/α-hetero) is 1. The SMILES string of the molecule is CCC(O)=C(C#N)C(=O)c1csc(F)c1. The van der Waals surface area contributed by atoms with E-state index in [0.29, 0.717) is 0 Å². The minimum atomic E-state index is -0.642. The highest BCUT2D eigenvalue weighted by molar-refractivity contribution is 7.08. The van der Waals surface area contributed by atoms with Gasteiger partial charge in [-0.2, -0.15) is 9.65 Å². The molecule has 1 rings (SSSR count). The summed E-state index contributed by atoms with van der Waals surface area (Å²) in [5.41, 5.74) is -0.232. The molecule has 0 fully saturated rings. The van der Waals surface area contributed by atoms with Crippen molar-refractivity contribution >= 4 is 17.1 Å². The lowest BCUT2D eigenvalue weighted by Gasteiger charge is -1.98. The Bertz CT molecular complexity index is 456. The predicted octanol–water partition coefficient (Wildman–Crippen LogP) is 2.82. The zero-order valence-corrected chi connectivity index (χ0v) is 8.77. The largest absolute Gasteiger partial charge is 0.511 e. The lowest BCUT2D eigenvalue weighted by molar-refractivity contribution is 0.103. The molecule has 78 valence electrons. The van der Waals surface area contributed by atoms with Gasteiger partial charge in [0.05, 0.1) is 0 Å². The minimum Gasteiger partial charge on any atom is -0.511 e. The van der Waals surface area contributed by atoms with E-state index in [2.05, 4.69) is 0 Å². The summed E-state index contributed by atoms with van der Waals surface area (Å²) in [4.78, 5) is 11.6. The van der Waals surface area contributed by atoms with Gasteiger partial charge in [0.25, 0.3) is 0 Å². The maximum Gasteiger partial charge on any atom is 0.207 e. The fourth-order valence-corrected chi connectivity index (χ4v) is 1.61. The second-order valence-corrected chi connectivity index (χ2v) is 3.62. The third-order valence-electron chi connectivity index (χ3n) is 1.79. The number of nitrogens with zero attached hydrogens (tertiary/aromatic N) is 1. The molecule has 0 radical (unpaired) electrons. The van der Waals surface area contributed by atoms with Gasteiger partial charge in [0.2, 0.25) is 5.78 Å². The van der Waals surface area contributed by atoms with Crippen molar-refractivity contribution in [2.75, 3.05) is 0 Å². The average Bonchev–Trinajstić information content (AvgIpc) is 2.65. The van der Waals surface area contributed by atoms with Crippen LogP contribution in [0.5, 0.6) is 0 Å². The van der Waals surface area contributed by atoms with Crippen LogP contribution < -0.4 is 0 Å². The summed E-state index contributed by atoms with van der Waals surface area (Å²) < 4.78 is 12.6. The second-order valence-electron chi connectivity index (χ2n) is 2.76. The Balaban J connectivity index is 3.10. The van der Waals surface area contributed by atoms with Gasteiger partial charge in [0, 0.05) is 17.4 Å². The summed E-state index contributed by atoms with van der Waals surface area (Å²) in [7, 11) is 0. The Hall–Kier alpha value is -1.67. The van der Waals surface area contributed by atoms with Gasteiger partial charge in [-0.3, -0.25) is 4.79 Å². The average molecular weight is 225 g/mol. The minimum absolute atomic E-state index is 0.0917. The molecule has 0 saturated heterocycles. The van der Waals surface area contributed by atoms with Gasteiger partial charge in [-0.1, -0.05) is 6.92 Å². The summed E-state index contributed by atoms with van der Waals surface area (Å²) in [5, 5.41) is 18.8. The number of carbonyl (C=O) groups is 1. The van der Waals surface area contributed by atoms with Crippen molar-refractivity contribution in [2.24, 2.45) is 0 Å². The molecule has 1 aromatic rings. The number of thiophene rings is 1. The van der Waals surface area contributed by atoms with E-state index >= 15 is 0 Å². The van der Waals surface area contributed by atoms with Gasteiger partial charge in [-0.05, 0) is 6.07 Å². The lowest BCUT2D eigenvalue weighted by Crippen LogP contribution is -2.03. The Morgan fingerprint density at radius 3 is 2.80 bits per heavy atom. The zero-order chi connectivity index (χ0) is 11.4. The smallest absolute Gasteiger partial charge is 0.207 e. The van der Waals surface area contributed by atoms with Gasteiger partial charge in [0.1, 0.15) is 17.4 Å². The molecule has 1 N–H and O–H groups in total. The van der Waals surface area contributed by atoms with E-state index in [1.165, 1.54) is 5.38 Å². The van der Waals surface area contributed by atoms with Crippen LogP contribution in [0.3, 0.4) is 0 Å². The van der Waals surface area contributed by atoms with E-state index in [-0.39, 0.29) is 23.3 Å². The van der Waals surface area contributed by atoms with Crippen LogP contribution >= 0.6 is 11.3 Å². The van der Waals surface area contributed by atoms with Crippen molar-refractivity contribution in [1.29, 1.82) is 5.26 Å². The van der Waals surface area contributed by atoms with Crippen molar-refractivity contribution in [3.05, 3.63) is 33.5 Å². The third-order valence-corrected chi connectivity index (χ3v) is 2.51. The molecule has 5 heteroatoms. The predicted molar refractivity (Wildman–Crippen MR) is 54.2 cm³/mol. The number of carbonyl (C=O) groups excluding carboxylic acids is 1. The summed E-state index contributed by atoms with van der Waals surface area (Å²) in [6, 6.07) is 2.67. The Morgan fingerprint density at radius 2 is 2.40 bits per heavy atom. The van der Waals surface area contributed by atoms with Crippen LogP contribution in [0.2, 0.25) is 0 Å². The molecule has 0 bridgehead atoms. The fourth-order valence-electron chi connectivity index (χ4n) is 0.997. The van der Waals surface area contributed by atoms with Crippen LogP contribution in [0.15, 0.2) is 22.8 Å². The van der Waals surface area contributed by atoms with Crippen LogP contribution in [-0.4, -0.2) is 10.9 Å². The number of ketones is 1. The van der Waals surface area contributed by atoms with Gasteiger partial charge < -0.3 is 5.11 Å².